The Morgan fingerprint density at radius 1 is 1.26 bits per heavy atom. The lowest BCUT2D eigenvalue weighted by atomic mass is 10.2. The number of benzene rings is 1. The summed E-state index contributed by atoms with van der Waals surface area (Å²) in [6.45, 7) is 3.21. The number of carbonyl (C=O) groups excluding carboxylic acids is 1. The number of hydrogen-bond acceptors (Lipinski definition) is 5. The Hall–Kier alpha value is -3.19. The van der Waals surface area contributed by atoms with Crippen molar-refractivity contribution in [2.24, 2.45) is 0 Å². The number of nitrogens with one attached hydrogen (secondary N) is 1. The van der Waals surface area contributed by atoms with Gasteiger partial charge in [0, 0.05) is 18.3 Å². The lowest BCUT2D eigenvalue weighted by Crippen LogP contribution is -2.16. The van der Waals surface area contributed by atoms with Gasteiger partial charge in [-0.25, -0.2) is 9.67 Å². The van der Waals surface area contributed by atoms with Crippen molar-refractivity contribution in [2.75, 3.05) is 18.5 Å². The third kappa shape index (κ3) is 3.83. The van der Waals surface area contributed by atoms with Gasteiger partial charge >= 0.3 is 0 Å². The molecule has 1 atom stereocenters. The highest BCUT2D eigenvalue weighted by molar-refractivity contribution is 6.05. The number of hydrogen-bond donors (Lipinski definition) is 1. The Kier molecular flexibility index (Phi) is 4.84. The molecule has 1 N–H and O–H groups in total. The monoisotopic (exact) mass is 364 g/mol. The van der Waals surface area contributed by atoms with Crippen LogP contribution in [0.1, 0.15) is 22.5 Å². The largest absolute Gasteiger partial charge is 0.488 e. The van der Waals surface area contributed by atoms with Gasteiger partial charge in [-0.2, -0.15) is 5.10 Å². The van der Waals surface area contributed by atoms with Crippen LogP contribution in [0, 0.1) is 6.92 Å². The highest BCUT2D eigenvalue weighted by atomic mass is 16.5. The van der Waals surface area contributed by atoms with Gasteiger partial charge in [0.1, 0.15) is 11.9 Å². The average molecular weight is 364 g/mol. The number of pyridine rings is 1. The van der Waals surface area contributed by atoms with Crippen LogP contribution < -0.4 is 10.1 Å². The van der Waals surface area contributed by atoms with Gasteiger partial charge in [-0.05, 0) is 43.3 Å². The molecule has 27 heavy (non-hydrogen) atoms. The van der Waals surface area contributed by atoms with Gasteiger partial charge in [0.2, 0.25) is 0 Å². The second kappa shape index (κ2) is 7.59. The second-order valence-corrected chi connectivity index (χ2v) is 6.33. The minimum Gasteiger partial charge on any atom is -0.488 e. The molecule has 1 amide bonds. The topological polar surface area (TPSA) is 78.3 Å². The number of anilines is 1. The summed E-state index contributed by atoms with van der Waals surface area (Å²) in [4.78, 5) is 16.9. The van der Waals surface area contributed by atoms with E-state index in [0.29, 0.717) is 23.7 Å². The summed E-state index contributed by atoms with van der Waals surface area (Å²) in [5.41, 5.74) is 1.93. The molecule has 0 radical (unpaired) electrons. The van der Waals surface area contributed by atoms with E-state index in [1.165, 1.54) is 0 Å². The van der Waals surface area contributed by atoms with E-state index in [1.807, 2.05) is 49.4 Å². The molecular weight excluding hydrogens is 344 g/mol. The van der Waals surface area contributed by atoms with E-state index in [4.69, 9.17) is 9.47 Å². The molecule has 0 spiro atoms. The Balaban J connectivity index is 1.44. The van der Waals surface area contributed by atoms with Crippen molar-refractivity contribution in [3.8, 4) is 11.6 Å². The SMILES string of the molecule is Cc1c(C(=O)Nc2ccc(O[C@@H]3CCOC3)cc2)cnn1-c1ccccn1. The predicted molar refractivity (Wildman–Crippen MR) is 100 cm³/mol. The third-order valence-electron chi connectivity index (χ3n) is 4.42. The summed E-state index contributed by atoms with van der Waals surface area (Å²) in [5, 5.41) is 7.17. The number of aromatic nitrogens is 3. The van der Waals surface area contributed by atoms with Crippen molar-refractivity contribution in [2.45, 2.75) is 19.4 Å². The van der Waals surface area contributed by atoms with Crippen molar-refractivity contribution >= 4 is 11.6 Å². The van der Waals surface area contributed by atoms with Gasteiger partial charge in [-0.3, -0.25) is 4.79 Å². The summed E-state index contributed by atoms with van der Waals surface area (Å²) in [7, 11) is 0. The maximum Gasteiger partial charge on any atom is 0.259 e. The highest BCUT2D eigenvalue weighted by Gasteiger charge is 2.18. The van der Waals surface area contributed by atoms with Gasteiger partial charge in [-0.15, -0.1) is 0 Å². The lowest BCUT2D eigenvalue weighted by Gasteiger charge is -2.12. The van der Waals surface area contributed by atoms with Crippen LogP contribution in [0.2, 0.25) is 0 Å². The fourth-order valence-corrected chi connectivity index (χ4v) is 2.96. The minimum absolute atomic E-state index is 0.102. The zero-order valence-corrected chi connectivity index (χ0v) is 15.0. The van der Waals surface area contributed by atoms with Gasteiger partial charge in [-0.1, -0.05) is 6.07 Å². The van der Waals surface area contributed by atoms with E-state index in [0.717, 1.165) is 24.5 Å². The van der Waals surface area contributed by atoms with E-state index >= 15 is 0 Å². The first-order valence-electron chi connectivity index (χ1n) is 8.82. The molecule has 1 aliphatic rings. The summed E-state index contributed by atoms with van der Waals surface area (Å²) in [6.07, 6.45) is 4.25. The average Bonchev–Trinajstić information content (AvgIpc) is 3.33. The Morgan fingerprint density at radius 2 is 2.11 bits per heavy atom. The first-order chi connectivity index (χ1) is 13.2. The molecule has 7 heteroatoms. The third-order valence-corrected chi connectivity index (χ3v) is 4.42. The Labute approximate surface area is 156 Å². The molecule has 1 aliphatic heterocycles. The second-order valence-electron chi connectivity index (χ2n) is 6.33. The maximum atomic E-state index is 12.6. The van der Waals surface area contributed by atoms with Crippen molar-refractivity contribution < 1.29 is 14.3 Å². The van der Waals surface area contributed by atoms with Gasteiger partial charge < -0.3 is 14.8 Å². The molecule has 0 bridgehead atoms. The molecule has 1 fully saturated rings. The van der Waals surface area contributed by atoms with Crippen LogP contribution in [0.25, 0.3) is 5.82 Å². The Bertz CT molecular complexity index is 916. The summed E-state index contributed by atoms with van der Waals surface area (Å²) >= 11 is 0. The standard InChI is InChI=1S/C20H20N4O3/c1-14-18(12-22-24(14)19-4-2-3-10-21-19)20(25)23-15-5-7-16(8-6-15)27-17-9-11-26-13-17/h2-8,10,12,17H,9,11,13H2,1H3,(H,23,25)/t17-/m1/s1. The number of ether oxygens (including phenoxy) is 2. The van der Waals surface area contributed by atoms with E-state index < -0.39 is 0 Å². The fraction of sp³-hybridized carbons (Fsp3) is 0.250. The van der Waals surface area contributed by atoms with Crippen LogP contribution in [0.4, 0.5) is 5.69 Å². The first kappa shape index (κ1) is 17.2. The normalized spacial score (nSPS) is 16.3. The summed E-state index contributed by atoms with van der Waals surface area (Å²) < 4.78 is 12.8. The number of amides is 1. The van der Waals surface area contributed by atoms with E-state index in [1.54, 1.807) is 17.1 Å². The van der Waals surface area contributed by atoms with Crippen LogP contribution in [-0.2, 0) is 4.74 Å². The summed E-state index contributed by atoms with van der Waals surface area (Å²) in [5.74, 6) is 1.22. The van der Waals surface area contributed by atoms with E-state index in [-0.39, 0.29) is 12.0 Å². The summed E-state index contributed by atoms with van der Waals surface area (Å²) in [6, 6.07) is 12.9. The van der Waals surface area contributed by atoms with Gasteiger partial charge in [0.05, 0.1) is 30.7 Å². The predicted octanol–water partition coefficient (Wildman–Crippen LogP) is 3.00. The van der Waals surface area contributed by atoms with Crippen LogP contribution in [0.3, 0.4) is 0 Å². The zero-order valence-electron chi connectivity index (χ0n) is 15.0. The minimum atomic E-state index is -0.215. The van der Waals surface area contributed by atoms with E-state index in [9.17, 15) is 4.79 Å². The molecule has 0 unspecified atom stereocenters. The molecule has 7 nitrogen and oxygen atoms in total. The zero-order chi connectivity index (χ0) is 18.6. The Morgan fingerprint density at radius 3 is 2.81 bits per heavy atom. The van der Waals surface area contributed by atoms with Crippen LogP contribution in [0.5, 0.6) is 5.75 Å². The van der Waals surface area contributed by atoms with Crippen molar-refractivity contribution in [1.29, 1.82) is 0 Å². The van der Waals surface area contributed by atoms with Crippen molar-refractivity contribution in [3.05, 3.63) is 66.1 Å². The van der Waals surface area contributed by atoms with E-state index in [2.05, 4.69) is 15.4 Å². The fourth-order valence-electron chi connectivity index (χ4n) is 2.96. The quantitative estimate of drug-likeness (QED) is 0.753. The van der Waals surface area contributed by atoms with Crippen molar-refractivity contribution in [1.82, 2.24) is 14.8 Å². The number of nitrogens with zero attached hydrogens (tertiary/aromatic N) is 3. The molecule has 138 valence electrons. The molecule has 4 rings (SSSR count). The lowest BCUT2D eigenvalue weighted by molar-refractivity contribution is 0.102. The van der Waals surface area contributed by atoms with Crippen molar-refractivity contribution in [3.63, 3.8) is 0 Å². The van der Waals surface area contributed by atoms with Crippen LogP contribution in [0.15, 0.2) is 54.9 Å². The number of rotatable bonds is 5. The molecule has 0 aliphatic carbocycles. The molecule has 2 aromatic heterocycles. The smallest absolute Gasteiger partial charge is 0.259 e. The van der Waals surface area contributed by atoms with Gasteiger partial charge in [0.15, 0.2) is 5.82 Å². The molecule has 3 heterocycles. The number of carbonyl (C=O) groups is 1. The highest BCUT2D eigenvalue weighted by Crippen LogP contribution is 2.21. The van der Waals surface area contributed by atoms with Crippen LogP contribution in [-0.4, -0.2) is 40.0 Å². The molecule has 3 aromatic rings. The first-order valence-corrected chi connectivity index (χ1v) is 8.82. The molecular formula is C20H20N4O3. The molecule has 0 saturated carbocycles. The molecule has 1 saturated heterocycles. The van der Waals surface area contributed by atoms with Gasteiger partial charge in [0.25, 0.3) is 5.91 Å². The van der Waals surface area contributed by atoms with Crippen LogP contribution >= 0.6 is 0 Å². The maximum absolute atomic E-state index is 12.6. The molecule has 1 aromatic carbocycles.